The van der Waals surface area contributed by atoms with Crippen LogP contribution in [-0.2, 0) is 12.8 Å². The van der Waals surface area contributed by atoms with Crippen LogP contribution in [0.15, 0.2) is 42.5 Å². The molecule has 0 amide bonds. The van der Waals surface area contributed by atoms with Crippen LogP contribution in [0.25, 0.3) is 0 Å². The molecule has 1 nitrogen and oxygen atoms in total. The summed E-state index contributed by atoms with van der Waals surface area (Å²) in [6.07, 6.45) is 1.94. The lowest BCUT2D eigenvalue weighted by atomic mass is 9.99. The third-order valence-electron chi connectivity index (χ3n) is 3.19. The molecule has 0 saturated heterocycles. The fourth-order valence-electron chi connectivity index (χ4n) is 2.15. The van der Waals surface area contributed by atoms with Crippen LogP contribution in [0.3, 0.4) is 0 Å². The van der Waals surface area contributed by atoms with Gasteiger partial charge in [-0.2, -0.15) is 0 Å². The quantitative estimate of drug-likeness (QED) is 0.719. The third-order valence-corrected chi connectivity index (χ3v) is 3.54. The summed E-state index contributed by atoms with van der Waals surface area (Å²) in [4.78, 5) is 12.2. The number of carbonyl (C=O) groups is 1. The lowest BCUT2D eigenvalue weighted by Gasteiger charge is -2.07. The molecule has 0 atom stereocenters. The van der Waals surface area contributed by atoms with E-state index in [-0.39, 0.29) is 17.8 Å². The predicted molar refractivity (Wildman–Crippen MR) is 79.9 cm³/mol. The van der Waals surface area contributed by atoms with Crippen LogP contribution in [0.4, 0.5) is 4.39 Å². The molecule has 0 aliphatic carbocycles. The number of ketones is 1. The summed E-state index contributed by atoms with van der Waals surface area (Å²) >= 11 is 5.95. The first-order chi connectivity index (χ1) is 9.61. The largest absolute Gasteiger partial charge is 0.294 e. The molecule has 0 saturated carbocycles. The van der Waals surface area contributed by atoms with Crippen LogP contribution in [0.5, 0.6) is 0 Å². The predicted octanol–water partition coefficient (Wildman–Crippen LogP) is 4.86. The van der Waals surface area contributed by atoms with Gasteiger partial charge in [-0.1, -0.05) is 49.2 Å². The molecule has 0 aromatic heterocycles. The lowest BCUT2D eigenvalue weighted by molar-refractivity contribution is 0.0991. The number of hydrogen-bond donors (Lipinski definition) is 0. The Morgan fingerprint density at radius 3 is 2.65 bits per heavy atom. The Morgan fingerprint density at radius 2 is 1.95 bits per heavy atom. The Hall–Kier alpha value is -1.67. The highest BCUT2D eigenvalue weighted by Gasteiger charge is 2.13. The van der Waals surface area contributed by atoms with Crippen molar-refractivity contribution in [3.63, 3.8) is 0 Å². The molecular weight excluding hydrogens is 275 g/mol. The first-order valence-electron chi connectivity index (χ1n) is 6.67. The van der Waals surface area contributed by atoms with Crippen molar-refractivity contribution in [3.05, 3.63) is 70.0 Å². The molecule has 104 valence electrons. The van der Waals surface area contributed by atoms with E-state index in [1.165, 1.54) is 12.1 Å². The van der Waals surface area contributed by atoms with Gasteiger partial charge in [0, 0.05) is 22.6 Å². The molecule has 0 aliphatic rings. The lowest BCUT2D eigenvalue weighted by Crippen LogP contribution is -2.06. The smallest absolute Gasteiger partial charge is 0.167 e. The van der Waals surface area contributed by atoms with Crippen molar-refractivity contribution < 1.29 is 9.18 Å². The van der Waals surface area contributed by atoms with Gasteiger partial charge in [-0.05, 0) is 30.2 Å². The molecule has 0 bridgehead atoms. The summed E-state index contributed by atoms with van der Waals surface area (Å²) < 4.78 is 13.7. The van der Waals surface area contributed by atoms with Crippen molar-refractivity contribution in [2.75, 3.05) is 0 Å². The highest BCUT2D eigenvalue weighted by Crippen LogP contribution is 2.21. The standard InChI is InChI=1S/C17H16ClFO/c1-2-5-12-6-3-7-13(10-12)17(20)11-14-15(18)8-4-9-16(14)19/h3-4,6-10H,2,5,11H2,1H3. The van der Waals surface area contributed by atoms with Gasteiger partial charge < -0.3 is 0 Å². The maximum absolute atomic E-state index is 13.7. The first-order valence-corrected chi connectivity index (χ1v) is 7.04. The van der Waals surface area contributed by atoms with Gasteiger partial charge in [-0.3, -0.25) is 4.79 Å². The third kappa shape index (κ3) is 3.45. The average Bonchev–Trinajstić information content (AvgIpc) is 2.43. The number of hydrogen-bond acceptors (Lipinski definition) is 1. The Kier molecular flexibility index (Phi) is 4.91. The van der Waals surface area contributed by atoms with Gasteiger partial charge in [0.1, 0.15) is 5.82 Å². The summed E-state index contributed by atoms with van der Waals surface area (Å²) in [5, 5.41) is 0.295. The topological polar surface area (TPSA) is 17.1 Å². The van der Waals surface area contributed by atoms with E-state index >= 15 is 0 Å². The second-order valence-corrected chi connectivity index (χ2v) is 5.16. The molecule has 0 heterocycles. The normalized spacial score (nSPS) is 10.6. The molecular formula is C17H16ClFO. The van der Waals surface area contributed by atoms with Crippen molar-refractivity contribution in [1.82, 2.24) is 0 Å². The molecule has 2 aromatic rings. The minimum absolute atomic E-state index is 0.0128. The Bertz CT molecular complexity index is 602. The second-order valence-electron chi connectivity index (χ2n) is 4.75. The van der Waals surface area contributed by atoms with E-state index in [9.17, 15) is 9.18 Å². The molecule has 0 radical (unpaired) electrons. The van der Waals surface area contributed by atoms with E-state index in [0.717, 1.165) is 18.4 Å². The Balaban J connectivity index is 2.22. The van der Waals surface area contributed by atoms with Crippen LogP contribution in [0.2, 0.25) is 5.02 Å². The fraction of sp³-hybridized carbons (Fsp3) is 0.235. The SMILES string of the molecule is CCCc1cccc(C(=O)Cc2c(F)cccc2Cl)c1. The van der Waals surface area contributed by atoms with Crippen LogP contribution >= 0.6 is 11.6 Å². The number of Topliss-reactive ketones (excluding diaryl/α,β-unsaturated/α-hetero) is 1. The van der Waals surface area contributed by atoms with E-state index in [0.29, 0.717) is 10.6 Å². The van der Waals surface area contributed by atoms with Crippen LogP contribution in [-0.4, -0.2) is 5.78 Å². The number of carbonyl (C=O) groups excluding carboxylic acids is 1. The number of benzene rings is 2. The minimum Gasteiger partial charge on any atom is -0.294 e. The van der Waals surface area contributed by atoms with Crippen LogP contribution in [0, 0.1) is 5.82 Å². The molecule has 0 aliphatic heterocycles. The maximum atomic E-state index is 13.7. The molecule has 0 fully saturated rings. The van der Waals surface area contributed by atoms with Gasteiger partial charge in [0.2, 0.25) is 0 Å². The van der Waals surface area contributed by atoms with Crippen molar-refractivity contribution in [2.24, 2.45) is 0 Å². The van der Waals surface area contributed by atoms with Gasteiger partial charge in [-0.25, -0.2) is 4.39 Å². The molecule has 3 heteroatoms. The minimum atomic E-state index is -0.435. The van der Waals surface area contributed by atoms with Crippen molar-refractivity contribution >= 4 is 17.4 Å². The van der Waals surface area contributed by atoms with E-state index in [4.69, 9.17) is 11.6 Å². The molecule has 2 aromatic carbocycles. The summed E-state index contributed by atoms with van der Waals surface area (Å²) in [6, 6.07) is 11.9. The van der Waals surface area contributed by atoms with Crippen LogP contribution in [0.1, 0.15) is 34.8 Å². The molecule has 0 unspecified atom stereocenters. The number of rotatable bonds is 5. The zero-order valence-corrected chi connectivity index (χ0v) is 12.1. The van der Waals surface area contributed by atoms with Gasteiger partial charge in [0.05, 0.1) is 0 Å². The Labute approximate surface area is 123 Å². The number of halogens is 2. The van der Waals surface area contributed by atoms with Crippen LogP contribution < -0.4 is 0 Å². The van der Waals surface area contributed by atoms with Crippen molar-refractivity contribution in [3.8, 4) is 0 Å². The highest BCUT2D eigenvalue weighted by atomic mass is 35.5. The Morgan fingerprint density at radius 1 is 1.20 bits per heavy atom. The van der Waals surface area contributed by atoms with E-state index in [2.05, 4.69) is 6.92 Å². The van der Waals surface area contributed by atoms with Crippen molar-refractivity contribution in [2.45, 2.75) is 26.2 Å². The maximum Gasteiger partial charge on any atom is 0.167 e. The summed E-state index contributed by atoms with van der Waals surface area (Å²) in [7, 11) is 0. The zero-order chi connectivity index (χ0) is 14.5. The van der Waals surface area contributed by atoms with Gasteiger partial charge in [0.25, 0.3) is 0 Å². The first kappa shape index (κ1) is 14.7. The van der Waals surface area contributed by atoms with Crippen molar-refractivity contribution in [1.29, 1.82) is 0 Å². The van der Waals surface area contributed by atoms with E-state index in [1.807, 2.05) is 18.2 Å². The summed E-state index contributed by atoms with van der Waals surface area (Å²) in [6.45, 7) is 2.09. The van der Waals surface area contributed by atoms with Gasteiger partial charge in [0.15, 0.2) is 5.78 Å². The highest BCUT2D eigenvalue weighted by molar-refractivity contribution is 6.31. The zero-order valence-electron chi connectivity index (χ0n) is 11.3. The molecule has 0 N–H and O–H groups in total. The summed E-state index contributed by atoms with van der Waals surface area (Å²) in [5.74, 6) is -0.550. The van der Waals surface area contributed by atoms with E-state index < -0.39 is 5.82 Å². The average molecular weight is 291 g/mol. The molecule has 0 spiro atoms. The second kappa shape index (κ2) is 6.67. The number of aryl methyl sites for hydroxylation is 1. The van der Waals surface area contributed by atoms with E-state index in [1.54, 1.807) is 12.1 Å². The summed E-state index contributed by atoms with van der Waals surface area (Å²) in [5.41, 5.74) is 1.99. The fourth-order valence-corrected chi connectivity index (χ4v) is 2.38. The van der Waals surface area contributed by atoms with Gasteiger partial charge in [-0.15, -0.1) is 0 Å². The van der Waals surface area contributed by atoms with Gasteiger partial charge >= 0.3 is 0 Å². The molecule has 20 heavy (non-hydrogen) atoms. The monoisotopic (exact) mass is 290 g/mol. The molecule has 2 rings (SSSR count).